The molecule has 5 nitrogen and oxygen atoms in total. The van der Waals surface area contributed by atoms with Crippen LogP contribution in [0.5, 0.6) is 0 Å². The van der Waals surface area contributed by atoms with Gasteiger partial charge in [0, 0.05) is 11.6 Å². The Bertz CT molecular complexity index is 564. The van der Waals surface area contributed by atoms with Crippen molar-refractivity contribution in [3.05, 3.63) is 17.0 Å². The summed E-state index contributed by atoms with van der Waals surface area (Å²) in [5, 5.41) is 8.23. The van der Waals surface area contributed by atoms with Gasteiger partial charge in [-0.15, -0.1) is 0 Å². The van der Waals surface area contributed by atoms with Crippen LogP contribution in [0.1, 0.15) is 18.4 Å². The van der Waals surface area contributed by atoms with Crippen molar-refractivity contribution in [2.45, 2.75) is 25.8 Å². The summed E-state index contributed by atoms with van der Waals surface area (Å²) >= 11 is 8.14. The first-order valence-corrected chi connectivity index (χ1v) is 7.49. The van der Waals surface area contributed by atoms with E-state index in [4.69, 9.17) is 11.6 Å². The Hall–Kier alpha value is -1.01. The molecule has 0 aliphatic carbocycles. The van der Waals surface area contributed by atoms with E-state index in [1.54, 1.807) is 4.52 Å². The molecule has 1 aliphatic heterocycles. The van der Waals surface area contributed by atoms with Crippen LogP contribution in [0, 0.1) is 6.92 Å². The van der Waals surface area contributed by atoms with Gasteiger partial charge < -0.3 is 5.32 Å². The van der Waals surface area contributed by atoms with Crippen molar-refractivity contribution in [1.82, 2.24) is 19.6 Å². The molecular weight excluding hydrogens is 270 g/mol. The molecule has 3 rings (SSSR count). The van der Waals surface area contributed by atoms with Crippen LogP contribution in [0.3, 0.4) is 0 Å². The fraction of sp³-hybridized carbons (Fsp3) is 0.545. The molecule has 2 aromatic rings. The number of fused-ring (bicyclic) bond motifs is 1. The van der Waals surface area contributed by atoms with Gasteiger partial charge in [0.25, 0.3) is 5.78 Å². The summed E-state index contributed by atoms with van der Waals surface area (Å²) in [6.45, 7) is 1.95. The highest BCUT2D eigenvalue weighted by atomic mass is 35.5. The number of anilines is 1. The molecule has 18 heavy (non-hydrogen) atoms. The molecule has 0 atom stereocenters. The van der Waals surface area contributed by atoms with Crippen LogP contribution in [0.4, 0.5) is 5.82 Å². The molecule has 0 unspecified atom stereocenters. The fourth-order valence-electron chi connectivity index (χ4n) is 2.10. The third-order valence-corrected chi connectivity index (χ3v) is 4.58. The standard InChI is InChI=1S/C11H14ClN5S/c1-7-9(12)16-11-13-6-14-17(11)10(7)15-8-2-4-18-5-3-8/h6,8,15H,2-5H2,1H3. The average molecular weight is 284 g/mol. The molecule has 1 fully saturated rings. The maximum Gasteiger partial charge on any atom is 0.255 e. The van der Waals surface area contributed by atoms with Crippen LogP contribution < -0.4 is 5.32 Å². The Balaban J connectivity index is 1.98. The monoisotopic (exact) mass is 283 g/mol. The predicted octanol–water partition coefficient (Wildman–Crippen LogP) is 2.39. The molecule has 0 spiro atoms. The Morgan fingerprint density at radius 3 is 3.00 bits per heavy atom. The minimum absolute atomic E-state index is 0.482. The van der Waals surface area contributed by atoms with Crippen LogP contribution in [0.2, 0.25) is 5.15 Å². The largest absolute Gasteiger partial charge is 0.367 e. The second-order valence-electron chi connectivity index (χ2n) is 4.38. The lowest BCUT2D eigenvalue weighted by atomic mass is 10.1. The van der Waals surface area contributed by atoms with Crippen molar-refractivity contribution in [3.8, 4) is 0 Å². The second-order valence-corrected chi connectivity index (χ2v) is 5.96. The number of nitrogens with one attached hydrogen (secondary N) is 1. The lowest BCUT2D eigenvalue weighted by Gasteiger charge is -2.24. The van der Waals surface area contributed by atoms with Crippen LogP contribution in [-0.2, 0) is 0 Å². The topological polar surface area (TPSA) is 55.1 Å². The molecule has 2 aromatic heterocycles. The summed E-state index contributed by atoms with van der Waals surface area (Å²) in [5.41, 5.74) is 0.924. The van der Waals surface area contributed by atoms with E-state index in [9.17, 15) is 0 Å². The highest BCUT2D eigenvalue weighted by Gasteiger charge is 2.18. The van der Waals surface area contributed by atoms with E-state index in [0.717, 1.165) is 11.4 Å². The van der Waals surface area contributed by atoms with Crippen LogP contribution >= 0.6 is 23.4 Å². The molecule has 1 N–H and O–H groups in total. The first-order valence-electron chi connectivity index (χ1n) is 5.96. The molecule has 96 valence electrons. The summed E-state index contributed by atoms with van der Waals surface area (Å²) in [5.74, 6) is 3.86. The number of rotatable bonds is 2. The van der Waals surface area contributed by atoms with Crippen molar-refractivity contribution >= 4 is 35.0 Å². The van der Waals surface area contributed by atoms with Crippen LogP contribution in [-0.4, -0.2) is 37.1 Å². The number of nitrogens with zero attached hydrogens (tertiary/aromatic N) is 4. The van der Waals surface area contributed by atoms with E-state index in [0.29, 0.717) is 17.0 Å². The summed E-state index contributed by atoms with van der Waals surface area (Å²) in [7, 11) is 0. The molecule has 0 bridgehead atoms. The summed E-state index contributed by atoms with van der Waals surface area (Å²) in [4.78, 5) is 8.29. The zero-order valence-electron chi connectivity index (χ0n) is 10.1. The van der Waals surface area contributed by atoms with Gasteiger partial charge in [-0.1, -0.05) is 11.6 Å². The Labute approximate surface area is 114 Å². The third kappa shape index (κ3) is 2.14. The van der Waals surface area contributed by atoms with Gasteiger partial charge in [-0.25, -0.2) is 0 Å². The predicted molar refractivity (Wildman–Crippen MR) is 74.5 cm³/mol. The third-order valence-electron chi connectivity index (χ3n) is 3.17. The number of halogens is 1. The maximum absolute atomic E-state index is 6.13. The summed E-state index contributed by atoms with van der Waals surface area (Å²) in [6.07, 6.45) is 3.83. The lowest BCUT2D eigenvalue weighted by Crippen LogP contribution is -2.26. The Kier molecular flexibility index (Phi) is 3.30. The van der Waals surface area contributed by atoms with Crippen molar-refractivity contribution in [2.75, 3.05) is 16.8 Å². The first-order chi connectivity index (χ1) is 8.75. The minimum Gasteiger partial charge on any atom is -0.367 e. The zero-order chi connectivity index (χ0) is 12.5. The van der Waals surface area contributed by atoms with Gasteiger partial charge in [-0.2, -0.15) is 31.3 Å². The quantitative estimate of drug-likeness (QED) is 0.858. The van der Waals surface area contributed by atoms with Crippen molar-refractivity contribution in [1.29, 1.82) is 0 Å². The average Bonchev–Trinajstić information content (AvgIpc) is 2.84. The van der Waals surface area contributed by atoms with E-state index in [-0.39, 0.29) is 0 Å². The maximum atomic E-state index is 6.13. The van der Waals surface area contributed by atoms with Gasteiger partial charge in [0.05, 0.1) is 0 Å². The molecule has 1 saturated heterocycles. The van der Waals surface area contributed by atoms with Gasteiger partial charge in [-0.3, -0.25) is 0 Å². The van der Waals surface area contributed by atoms with Gasteiger partial charge in [-0.05, 0) is 31.3 Å². The van der Waals surface area contributed by atoms with Crippen LogP contribution in [0.25, 0.3) is 5.78 Å². The number of thioether (sulfide) groups is 1. The van der Waals surface area contributed by atoms with Crippen molar-refractivity contribution in [2.24, 2.45) is 0 Å². The van der Waals surface area contributed by atoms with E-state index in [1.807, 2.05) is 18.7 Å². The number of hydrogen-bond acceptors (Lipinski definition) is 5. The van der Waals surface area contributed by atoms with E-state index in [1.165, 1.54) is 30.7 Å². The smallest absolute Gasteiger partial charge is 0.255 e. The van der Waals surface area contributed by atoms with E-state index >= 15 is 0 Å². The van der Waals surface area contributed by atoms with Gasteiger partial charge >= 0.3 is 0 Å². The van der Waals surface area contributed by atoms with E-state index < -0.39 is 0 Å². The van der Waals surface area contributed by atoms with E-state index in [2.05, 4.69) is 20.4 Å². The van der Waals surface area contributed by atoms with Crippen molar-refractivity contribution in [3.63, 3.8) is 0 Å². The van der Waals surface area contributed by atoms with Gasteiger partial charge in [0.15, 0.2) is 0 Å². The molecule has 0 radical (unpaired) electrons. The highest BCUT2D eigenvalue weighted by molar-refractivity contribution is 7.99. The SMILES string of the molecule is Cc1c(Cl)nc2ncnn2c1NC1CCSCC1. The van der Waals surface area contributed by atoms with Gasteiger partial charge in [0.2, 0.25) is 0 Å². The fourth-order valence-corrected chi connectivity index (χ4v) is 3.37. The summed E-state index contributed by atoms with van der Waals surface area (Å²) < 4.78 is 1.73. The number of aromatic nitrogens is 4. The minimum atomic E-state index is 0.482. The molecule has 3 heterocycles. The zero-order valence-corrected chi connectivity index (χ0v) is 11.6. The number of hydrogen-bond donors (Lipinski definition) is 1. The summed E-state index contributed by atoms with van der Waals surface area (Å²) in [6, 6.07) is 0.482. The molecule has 1 aliphatic rings. The highest BCUT2D eigenvalue weighted by Crippen LogP contribution is 2.26. The lowest BCUT2D eigenvalue weighted by molar-refractivity contribution is 0.658. The Morgan fingerprint density at radius 2 is 2.22 bits per heavy atom. The van der Waals surface area contributed by atoms with Crippen molar-refractivity contribution < 1.29 is 0 Å². The molecule has 0 aromatic carbocycles. The first kappa shape index (κ1) is 12.0. The molecule has 0 saturated carbocycles. The normalized spacial score (nSPS) is 17.2. The second kappa shape index (κ2) is 4.93. The van der Waals surface area contributed by atoms with Gasteiger partial charge in [0.1, 0.15) is 17.3 Å². The van der Waals surface area contributed by atoms with Crippen LogP contribution in [0.15, 0.2) is 6.33 Å². The Morgan fingerprint density at radius 1 is 1.44 bits per heavy atom. The molecule has 0 amide bonds. The molecular formula is C11H14ClN5S. The molecule has 7 heteroatoms.